The van der Waals surface area contributed by atoms with E-state index in [-0.39, 0.29) is 11.2 Å². The van der Waals surface area contributed by atoms with E-state index in [0.29, 0.717) is 16.5 Å². The third-order valence-electron chi connectivity index (χ3n) is 3.34. The molecule has 1 aromatic carbocycles. The molecular formula is C15H12ClN3O2. The van der Waals surface area contributed by atoms with E-state index < -0.39 is 5.97 Å². The zero-order chi connectivity index (χ0) is 15.1. The fourth-order valence-electron chi connectivity index (χ4n) is 2.41. The molecule has 0 radical (unpaired) electrons. The number of hydrogen-bond acceptors (Lipinski definition) is 3. The molecule has 6 heteroatoms. The molecule has 0 atom stereocenters. The van der Waals surface area contributed by atoms with Gasteiger partial charge in [0.1, 0.15) is 10.7 Å². The molecule has 0 spiro atoms. The number of carboxylic acid groups (broad SMARTS) is 1. The second kappa shape index (κ2) is 4.86. The third-order valence-corrected chi connectivity index (χ3v) is 3.69. The number of aryl methyl sites for hydroxylation is 2. The van der Waals surface area contributed by atoms with Crippen LogP contribution >= 0.6 is 11.6 Å². The zero-order valence-corrected chi connectivity index (χ0v) is 12.2. The molecule has 0 saturated heterocycles. The summed E-state index contributed by atoms with van der Waals surface area (Å²) in [5.74, 6) is -1.06. The molecule has 106 valence electrons. The first-order valence-electron chi connectivity index (χ1n) is 6.35. The van der Waals surface area contributed by atoms with Crippen LogP contribution in [0.1, 0.15) is 21.7 Å². The van der Waals surface area contributed by atoms with Gasteiger partial charge in [-0.25, -0.2) is 14.3 Å². The number of fused-ring (bicyclic) bond motifs is 1. The predicted molar refractivity (Wildman–Crippen MR) is 79.9 cm³/mol. The summed E-state index contributed by atoms with van der Waals surface area (Å²) >= 11 is 6.44. The first kappa shape index (κ1) is 13.6. The Balaban J connectivity index is 2.38. The van der Waals surface area contributed by atoms with Crippen molar-refractivity contribution in [3.63, 3.8) is 0 Å². The highest BCUT2D eigenvalue weighted by atomic mass is 35.5. The van der Waals surface area contributed by atoms with E-state index in [0.717, 1.165) is 11.1 Å². The van der Waals surface area contributed by atoms with Gasteiger partial charge in [-0.1, -0.05) is 41.9 Å². The zero-order valence-electron chi connectivity index (χ0n) is 11.5. The van der Waals surface area contributed by atoms with Crippen molar-refractivity contribution in [3.8, 4) is 11.1 Å². The van der Waals surface area contributed by atoms with E-state index in [1.165, 1.54) is 4.52 Å². The fourth-order valence-corrected chi connectivity index (χ4v) is 2.77. The molecule has 2 heterocycles. The Morgan fingerprint density at radius 3 is 2.48 bits per heavy atom. The summed E-state index contributed by atoms with van der Waals surface area (Å²) in [7, 11) is 0. The summed E-state index contributed by atoms with van der Waals surface area (Å²) < 4.78 is 1.38. The first-order chi connectivity index (χ1) is 10.0. The summed E-state index contributed by atoms with van der Waals surface area (Å²) in [6, 6.07) is 9.59. The van der Waals surface area contributed by atoms with Crippen molar-refractivity contribution in [3.05, 3.63) is 52.4 Å². The summed E-state index contributed by atoms with van der Waals surface area (Å²) in [6.07, 6.45) is 0. The van der Waals surface area contributed by atoms with Gasteiger partial charge in [-0.3, -0.25) is 0 Å². The van der Waals surface area contributed by atoms with Gasteiger partial charge in [0, 0.05) is 5.56 Å². The Morgan fingerprint density at radius 1 is 1.19 bits per heavy atom. The molecule has 0 unspecified atom stereocenters. The predicted octanol–water partition coefficient (Wildman–Crippen LogP) is 3.36. The molecule has 0 saturated carbocycles. The summed E-state index contributed by atoms with van der Waals surface area (Å²) in [5, 5.41) is 13.8. The number of carbonyl (C=O) groups is 1. The Hall–Kier alpha value is -2.40. The first-order valence-corrected chi connectivity index (χ1v) is 6.72. The average Bonchev–Trinajstić information content (AvgIpc) is 2.76. The van der Waals surface area contributed by atoms with Crippen LogP contribution in [0.3, 0.4) is 0 Å². The number of nitrogens with zero attached hydrogens (tertiary/aromatic N) is 3. The van der Waals surface area contributed by atoms with Crippen LogP contribution < -0.4 is 0 Å². The Morgan fingerprint density at radius 2 is 1.86 bits per heavy atom. The number of aromatic nitrogens is 3. The van der Waals surface area contributed by atoms with Crippen molar-refractivity contribution in [2.75, 3.05) is 0 Å². The fraction of sp³-hybridized carbons (Fsp3) is 0.133. The highest BCUT2D eigenvalue weighted by Gasteiger charge is 2.22. The average molecular weight is 302 g/mol. The van der Waals surface area contributed by atoms with E-state index >= 15 is 0 Å². The minimum Gasteiger partial charge on any atom is -0.477 e. The third kappa shape index (κ3) is 2.06. The lowest BCUT2D eigenvalue weighted by Gasteiger charge is -2.09. The molecule has 0 fully saturated rings. The quantitative estimate of drug-likeness (QED) is 0.737. The van der Waals surface area contributed by atoms with Crippen LogP contribution in [0.2, 0.25) is 5.15 Å². The second-order valence-electron chi connectivity index (χ2n) is 4.73. The second-order valence-corrected chi connectivity index (χ2v) is 5.09. The van der Waals surface area contributed by atoms with Crippen molar-refractivity contribution in [2.45, 2.75) is 13.8 Å². The lowest BCUT2D eigenvalue weighted by Crippen LogP contribution is -2.02. The Bertz CT molecular complexity index is 856. The van der Waals surface area contributed by atoms with Gasteiger partial charge in [-0.15, -0.1) is 0 Å². The number of rotatable bonds is 2. The maximum Gasteiger partial charge on any atom is 0.341 e. The van der Waals surface area contributed by atoms with E-state index in [4.69, 9.17) is 11.6 Å². The highest BCUT2D eigenvalue weighted by molar-refractivity contribution is 6.32. The van der Waals surface area contributed by atoms with Crippen LogP contribution in [-0.2, 0) is 0 Å². The topological polar surface area (TPSA) is 67.5 Å². The molecule has 3 rings (SSSR count). The van der Waals surface area contributed by atoms with Gasteiger partial charge in [0.05, 0.1) is 11.4 Å². The molecule has 0 bridgehead atoms. The largest absolute Gasteiger partial charge is 0.477 e. The van der Waals surface area contributed by atoms with Crippen molar-refractivity contribution in [1.29, 1.82) is 0 Å². The van der Waals surface area contributed by atoms with Gasteiger partial charge >= 0.3 is 5.97 Å². The number of benzene rings is 1. The smallest absolute Gasteiger partial charge is 0.341 e. The van der Waals surface area contributed by atoms with Crippen LogP contribution in [0.4, 0.5) is 0 Å². The van der Waals surface area contributed by atoms with Crippen LogP contribution in [0.15, 0.2) is 30.3 Å². The van der Waals surface area contributed by atoms with E-state index in [1.807, 2.05) is 37.3 Å². The van der Waals surface area contributed by atoms with Crippen molar-refractivity contribution >= 4 is 23.2 Å². The molecule has 0 aliphatic carbocycles. The maximum absolute atomic E-state index is 11.3. The lowest BCUT2D eigenvalue weighted by atomic mass is 10.1. The summed E-state index contributed by atoms with van der Waals surface area (Å²) in [6.45, 7) is 3.44. The number of halogens is 1. The van der Waals surface area contributed by atoms with Gasteiger partial charge in [-0.05, 0) is 19.4 Å². The Kier molecular flexibility index (Phi) is 3.14. The van der Waals surface area contributed by atoms with Crippen molar-refractivity contribution in [1.82, 2.24) is 14.6 Å². The van der Waals surface area contributed by atoms with E-state index in [9.17, 15) is 9.90 Å². The Labute approximate surface area is 125 Å². The minimum atomic E-state index is -1.06. The highest BCUT2D eigenvalue weighted by Crippen LogP contribution is 2.31. The van der Waals surface area contributed by atoms with Gasteiger partial charge in [0.2, 0.25) is 0 Å². The van der Waals surface area contributed by atoms with Crippen LogP contribution in [0.5, 0.6) is 0 Å². The standard InChI is InChI=1S/C15H12ClN3O2/c1-8-11(10-6-4-3-5-7-10)13(16)19-14(17-8)12(15(20)21)9(2)18-19/h3-7H,1-2H3,(H,20,21). The van der Waals surface area contributed by atoms with Gasteiger partial charge < -0.3 is 5.11 Å². The SMILES string of the molecule is Cc1nc2c(C(=O)O)c(C)nn2c(Cl)c1-c1ccccc1. The van der Waals surface area contributed by atoms with Crippen molar-refractivity contribution < 1.29 is 9.90 Å². The monoisotopic (exact) mass is 301 g/mol. The maximum atomic E-state index is 11.3. The van der Waals surface area contributed by atoms with Crippen LogP contribution in [-0.4, -0.2) is 25.7 Å². The van der Waals surface area contributed by atoms with Gasteiger partial charge in [0.15, 0.2) is 5.65 Å². The van der Waals surface area contributed by atoms with Crippen LogP contribution in [0.25, 0.3) is 16.8 Å². The van der Waals surface area contributed by atoms with Crippen LogP contribution in [0, 0.1) is 13.8 Å². The molecule has 21 heavy (non-hydrogen) atoms. The summed E-state index contributed by atoms with van der Waals surface area (Å²) in [4.78, 5) is 15.7. The molecule has 1 N–H and O–H groups in total. The van der Waals surface area contributed by atoms with Crippen molar-refractivity contribution in [2.24, 2.45) is 0 Å². The lowest BCUT2D eigenvalue weighted by molar-refractivity contribution is 0.0698. The van der Waals surface area contributed by atoms with Gasteiger partial charge in [0.25, 0.3) is 0 Å². The van der Waals surface area contributed by atoms with E-state index in [2.05, 4.69) is 10.1 Å². The van der Waals surface area contributed by atoms with Gasteiger partial charge in [-0.2, -0.15) is 5.10 Å². The number of aromatic carboxylic acids is 1. The number of carboxylic acids is 1. The molecule has 5 nitrogen and oxygen atoms in total. The molecular weight excluding hydrogens is 290 g/mol. The number of hydrogen-bond donors (Lipinski definition) is 1. The molecule has 3 aromatic rings. The summed E-state index contributed by atoms with van der Waals surface area (Å²) in [5.41, 5.74) is 3.08. The van der Waals surface area contributed by atoms with E-state index in [1.54, 1.807) is 6.92 Å². The molecule has 0 aliphatic heterocycles. The molecule has 0 aliphatic rings. The minimum absolute atomic E-state index is 0.0830. The molecule has 0 amide bonds. The molecule has 2 aromatic heterocycles. The normalized spacial score (nSPS) is 11.0.